The molecule has 1 unspecified atom stereocenters. The van der Waals surface area contributed by atoms with Crippen LogP contribution < -0.4 is 21.2 Å². The molecule has 8 heterocycles. The zero-order chi connectivity index (χ0) is 44.2. The Balaban J connectivity index is 0.711. The third-order valence-corrected chi connectivity index (χ3v) is 13.5. The van der Waals surface area contributed by atoms with Gasteiger partial charge in [-0.25, -0.2) is 27.5 Å². The summed E-state index contributed by atoms with van der Waals surface area (Å²) < 4.78 is 61.5. The van der Waals surface area contributed by atoms with E-state index in [0.29, 0.717) is 72.9 Å². The summed E-state index contributed by atoms with van der Waals surface area (Å²) >= 11 is 0. The number of nitrogens with one attached hydrogen (secondary N) is 2. The number of carbonyl (C=O) groups excluding carboxylic acids is 3. The number of nitrogens with zero attached hydrogens (tertiary/aromatic N) is 9. The molecule has 3 amide bonds. The maximum atomic E-state index is 15.5. The molecule has 0 radical (unpaired) electrons. The number of likely N-dealkylation sites (tertiary alicyclic amines) is 1. The third kappa shape index (κ3) is 7.93. The first-order chi connectivity index (χ1) is 31.0. The van der Waals surface area contributed by atoms with Crippen LogP contribution in [0.3, 0.4) is 0 Å². The Morgan fingerprint density at radius 3 is 2.67 bits per heavy atom. The first-order valence-corrected chi connectivity index (χ1v) is 21.9. The maximum Gasteiger partial charge on any atom is 0.329 e. The molecule has 4 saturated heterocycles. The second kappa shape index (κ2) is 17.2. The van der Waals surface area contributed by atoms with Gasteiger partial charge in [-0.1, -0.05) is 17.9 Å². The second-order valence-corrected chi connectivity index (χ2v) is 17.5. The molecule has 5 aromatic rings. The molecule has 4 aromatic heterocycles. The fraction of sp³-hybridized carbons (Fsp3) is 0.523. The summed E-state index contributed by atoms with van der Waals surface area (Å²) in [6, 6.07) is 6.40. The maximum absolute atomic E-state index is 15.5. The smallest absolute Gasteiger partial charge is 0.329 e. The van der Waals surface area contributed by atoms with Crippen molar-refractivity contribution in [2.45, 2.75) is 94.3 Å². The number of para-hydroxylation sites is 1. The summed E-state index contributed by atoms with van der Waals surface area (Å²) in [4.78, 5) is 60.1. The molecule has 2 N–H and O–H groups in total. The number of morpholine rings is 1. The molecule has 4 aliphatic heterocycles. The average molecular weight is 884 g/mol. The van der Waals surface area contributed by atoms with E-state index in [4.69, 9.17) is 14.5 Å². The van der Waals surface area contributed by atoms with Crippen molar-refractivity contribution in [1.29, 1.82) is 0 Å². The number of hydrogen-bond acceptors (Lipinski definition) is 11. The van der Waals surface area contributed by atoms with Crippen molar-refractivity contribution in [1.82, 2.24) is 43.7 Å². The van der Waals surface area contributed by atoms with Crippen molar-refractivity contribution < 1.29 is 37.0 Å². The minimum Gasteiger partial charge on any atom is -0.374 e. The molecule has 336 valence electrons. The molecule has 17 nitrogen and oxygen atoms in total. The standard InChI is InChI=1S/C44H48F3N11O6/c1-53-39-26(4-2-6-33(39)58(44(53)62)34-11-12-37(59)51-43(34)61)5-3-17-63-35-13-15-54(22-31(35)45)20-25-7-9-27(10-8-25)57-23-32(38(52-57)40(46)47)49-42(60)30-19-48-56-16-14-36(50-41(30)56)55-21-29-18-28(55)24-64-29/h2,4,6,14,16,19,23,25,27-29,31,34-35,40H,7-13,15,17-18,20-22,24H2,1H3,(H,49,60)(H,51,59,61)/t25-,27-,28-,29-,31+,34?,35-/m1/s1. The molecule has 0 spiro atoms. The van der Waals surface area contributed by atoms with Crippen molar-refractivity contribution in [2.75, 3.05) is 49.6 Å². The molecule has 10 rings (SSSR count). The number of alkyl halides is 3. The highest BCUT2D eigenvalue weighted by atomic mass is 19.3. The normalized spacial score (nSPS) is 26.2. The molecule has 1 aromatic carbocycles. The molecular formula is C44H48F3N11O6. The van der Waals surface area contributed by atoms with Crippen LogP contribution in [0, 0.1) is 17.8 Å². The van der Waals surface area contributed by atoms with E-state index in [0.717, 1.165) is 25.8 Å². The lowest BCUT2D eigenvalue weighted by molar-refractivity contribution is -0.135. The van der Waals surface area contributed by atoms with Crippen LogP contribution in [0.25, 0.3) is 16.7 Å². The number of carbonyl (C=O) groups is 3. The Morgan fingerprint density at radius 1 is 1.08 bits per heavy atom. The van der Waals surface area contributed by atoms with E-state index in [-0.39, 0.29) is 67.0 Å². The van der Waals surface area contributed by atoms with Gasteiger partial charge in [0.05, 0.1) is 59.4 Å². The largest absolute Gasteiger partial charge is 0.374 e. The number of benzene rings is 1. The van der Waals surface area contributed by atoms with Gasteiger partial charge in [0.25, 0.3) is 12.3 Å². The highest BCUT2D eigenvalue weighted by Crippen LogP contribution is 2.37. The van der Waals surface area contributed by atoms with Crippen molar-refractivity contribution in [3.8, 4) is 11.8 Å². The Kier molecular flexibility index (Phi) is 11.2. The van der Waals surface area contributed by atoms with Gasteiger partial charge in [-0.15, -0.1) is 0 Å². The van der Waals surface area contributed by atoms with Gasteiger partial charge in [-0.05, 0) is 69.1 Å². The Bertz CT molecular complexity index is 2750. The van der Waals surface area contributed by atoms with Gasteiger partial charge in [0, 0.05) is 52.0 Å². The van der Waals surface area contributed by atoms with E-state index in [1.807, 2.05) is 6.07 Å². The average Bonchev–Trinajstić information content (AvgIpc) is 4.13. The highest BCUT2D eigenvalue weighted by molar-refractivity contribution is 6.08. The van der Waals surface area contributed by atoms with Crippen molar-refractivity contribution in [2.24, 2.45) is 13.0 Å². The van der Waals surface area contributed by atoms with Crippen LogP contribution in [0.5, 0.6) is 0 Å². The summed E-state index contributed by atoms with van der Waals surface area (Å²) in [7, 11) is 1.61. The second-order valence-electron chi connectivity index (χ2n) is 17.5. The quantitative estimate of drug-likeness (QED) is 0.154. The number of imide groups is 1. The first-order valence-electron chi connectivity index (χ1n) is 21.9. The number of piperidine rings is 2. The molecule has 64 heavy (non-hydrogen) atoms. The van der Waals surface area contributed by atoms with Crippen LogP contribution in [-0.4, -0.2) is 120 Å². The van der Waals surface area contributed by atoms with Crippen molar-refractivity contribution in [3.05, 3.63) is 70.2 Å². The lowest BCUT2D eigenvalue weighted by Gasteiger charge is -2.38. The number of anilines is 2. The number of aryl methyl sites for hydroxylation is 1. The topological polar surface area (TPSA) is 175 Å². The Labute approximate surface area is 364 Å². The lowest BCUT2D eigenvalue weighted by Crippen LogP contribution is -2.47. The molecule has 1 saturated carbocycles. The van der Waals surface area contributed by atoms with Crippen LogP contribution in [0.1, 0.15) is 91.5 Å². The van der Waals surface area contributed by atoms with E-state index in [2.05, 4.69) is 42.5 Å². The van der Waals surface area contributed by atoms with Gasteiger partial charge in [0.15, 0.2) is 11.3 Å². The zero-order valence-corrected chi connectivity index (χ0v) is 35.2. The minimum atomic E-state index is -2.90. The Hall–Kier alpha value is -6.04. The van der Waals surface area contributed by atoms with Gasteiger partial charge >= 0.3 is 5.69 Å². The number of amides is 3. The first kappa shape index (κ1) is 41.9. The number of halogens is 3. The SMILES string of the molecule is Cn1c(=O)n(C2CCC(=O)NC2=O)c2cccc(C#CCO[C@@H]3CCN(C[C@H]4CC[C@H](n5cc(NC(=O)c6cnn7ccc(N8C[C@H]9C[C@@H]8CO9)nc67)c(C(F)F)n5)CC4)C[C@@H]3F)c21. The summed E-state index contributed by atoms with van der Waals surface area (Å²) in [5.41, 5.74) is 1.21. The number of hydrogen-bond donors (Lipinski definition) is 2. The number of imidazole rings is 1. The van der Waals surface area contributed by atoms with Crippen LogP contribution in [0.2, 0.25) is 0 Å². The van der Waals surface area contributed by atoms with Crippen LogP contribution >= 0.6 is 0 Å². The number of ether oxygens (including phenoxy) is 2. The van der Waals surface area contributed by atoms with Gasteiger partial charge in [-0.2, -0.15) is 10.2 Å². The molecule has 20 heteroatoms. The number of fused-ring (bicyclic) bond motifs is 4. The monoisotopic (exact) mass is 883 g/mol. The number of rotatable bonds is 10. The summed E-state index contributed by atoms with van der Waals surface area (Å²) in [5.74, 6) is 5.56. The molecule has 5 aliphatic rings. The van der Waals surface area contributed by atoms with E-state index in [1.54, 1.807) is 36.1 Å². The van der Waals surface area contributed by atoms with E-state index < -0.39 is 42.3 Å². The lowest BCUT2D eigenvalue weighted by atomic mass is 9.85. The molecular weight excluding hydrogens is 836 g/mol. The van der Waals surface area contributed by atoms with Gasteiger partial charge in [0.1, 0.15) is 30.2 Å². The van der Waals surface area contributed by atoms with E-state index in [9.17, 15) is 28.0 Å². The third-order valence-electron chi connectivity index (χ3n) is 13.5. The van der Waals surface area contributed by atoms with Crippen LogP contribution in [0.4, 0.5) is 24.7 Å². The molecule has 1 aliphatic carbocycles. The van der Waals surface area contributed by atoms with Gasteiger partial charge < -0.3 is 19.7 Å². The van der Waals surface area contributed by atoms with Crippen LogP contribution in [-0.2, 0) is 26.1 Å². The molecule has 5 fully saturated rings. The van der Waals surface area contributed by atoms with Gasteiger partial charge in [-0.3, -0.25) is 38.4 Å². The summed E-state index contributed by atoms with van der Waals surface area (Å²) in [6.45, 7) is 2.94. The minimum absolute atomic E-state index is 0.00580. The fourth-order valence-electron chi connectivity index (χ4n) is 10.2. The summed E-state index contributed by atoms with van der Waals surface area (Å²) in [5, 5.41) is 13.5. The predicted molar refractivity (Wildman–Crippen MR) is 226 cm³/mol. The van der Waals surface area contributed by atoms with Gasteiger partial charge in [0.2, 0.25) is 11.8 Å². The summed E-state index contributed by atoms with van der Waals surface area (Å²) in [6.07, 6.45) is 4.87. The molecule has 2 bridgehead atoms. The molecule has 5 atom stereocenters. The van der Waals surface area contributed by atoms with Crippen molar-refractivity contribution in [3.63, 3.8) is 0 Å². The van der Waals surface area contributed by atoms with E-state index in [1.165, 1.54) is 26.0 Å². The number of aromatic nitrogens is 7. The zero-order valence-electron chi connectivity index (χ0n) is 35.2. The fourth-order valence-corrected chi connectivity index (χ4v) is 10.2. The Morgan fingerprint density at radius 2 is 1.92 bits per heavy atom. The predicted octanol–water partition coefficient (Wildman–Crippen LogP) is 3.94. The van der Waals surface area contributed by atoms with Crippen molar-refractivity contribution >= 4 is 45.9 Å². The highest BCUT2D eigenvalue weighted by Gasteiger charge is 2.40. The van der Waals surface area contributed by atoms with E-state index >= 15 is 4.39 Å². The van der Waals surface area contributed by atoms with Crippen LogP contribution in [0.15, 0.2) is 47.7 Å².